The van der Waals surface area contributed by atoms with Crippen molar-refractivity contribution < 1.29 is 34.0 Å². The summed E-state index contributed by atoms with van der Waals surface area (Å²) in [6.45, 7) is 11.2. The van der Waals surface area contributed by atoms with E-state index in [2.05, 4.69) is 0 Å². The predicted octanol–water partition coefficient (Wildman–Crippen LogP) is 2.16. The molecule has 33 heavy (non-hydrogen) atoms. The molecule has 2 N–H and O–H groups in total. The zero-order valence-electron chi connectivity index (χ0n) is 21.3. The number of ketones is 1. The minimum absolute atomic E-state index is 0.0280. The van der Waals surface area contributed by atoms with Crippen LogP contribution in [0.3, 0.4) is 0 Å². The van der Waals surface area contributed by atoms with Crippen LogP contribution in [-0.4, -0.2) is 83.8 Å². The van der Waals surface area contributed by atoms with Gasteiger partial charge in [0.1, 0.15) is 12.2 Å². The Labute approximate surface area is 198 Å². The molecule has 1 fully saturated rings. The van der Waals surface area contributed by atoms with Gasteiger partial charge < -0.3 is 29.3 Å². The SMILES string of the molecule is CC[C@H]1OC(=O)[C@H](C)[C@@H](O[C@H]2O[C@H](C)[C@@H](O)[C@H](N(C)C)[C@H]2O)[C@@H](C)C[C@@H](C)C(=O)/C=C/[C@H]1C. The molecular formula is C25H43NO7. The maximum Gasteiger partial charge on any atom is 0.311 e. The molecule has 0 spiro atoms. The molecule has 0 amide bonds. The van der Waals surface area contributed by atoms with Crippen LogP contribution in [0.2, 0.25) is 0 Å². The van der Waals surface area contributed by atoms with Gasteiger partial charge in [-0.3, -0.25) is 9.59 Å². The third-order valence-corrected chi connectivity index (χ3v) is 7.15. The zero-order chi connectivity index (χ0) is 25.0. The van der Waals surface area contributed by atoms with Crippen molar-refractivity contribution in [2.75, 3.05) is 14.1 Å². The van der Waals surface area contributed by atoms with E-state index in [1.807, 2.05) is 33.8 Å². The van der Waals surface area contributed by atoms with Gasteiger partial charge in [-0.1, -0.05) is 33.8 Å². The highest BCUT2D eigenvalue weighted by Crippen LogP contribution is 2.32. The van der Waals surface area contributed by atoms with Gasteiger partial charge in [0.15, 0.2) is 12.1 Å². The van der Waals surface area contributed by atoms with Gasteiger partial charge in [-0.15, -0.1) is 0 Å². The maximum absolute atomic E-state index is 13.1. The zero-order valence-corrected chi connectivity index (χ0v) is 21.3. The fourth-order valence-corrected chi connectivity index (χ4v) is 4.93. The molecule has 0 unspecified atom stereocenters. The Morgan fingerprint density at radius 3 is 2.30 bits per heavy atom. The van der Waals surface area contributed by atoms with Gasteiger partial charge in [-0.2, -0.15) is 0 Å². The molecule has 0 aromatic heterocycles. The quantitative estimate of drug-likeness (QED) is 0.604. The first-order valence-corrected chi connectivity index (χ1v) is 12.1. The molecule has 2 aliphatic rings. The number of cyclic esters (lactones) is 1. The lowest BCUT2D eigenvalue weighted by Gasteiger charge is -2.46. The number of likely N-dealkylation sites (N-methyl/N-ethyl adjacent to an activating group) is 1. The summed E-state index contributed by atoms with van der Waals surface area (Å²) in [5.41, 5.74) is 0. The number of allylic oxidation sites excluding steroid dienone is 1. The second kappa shape index (κ2) is 11.9. The number of ether oxygens (including phenoxy) is 3. The standard InChI is InChI=1S/C25H43NO7/c1-9-19-13(2)10-11-18(27)14(3)12-15(4)23(16(5)24(30)32-19)33-25-22(29)20(26(7)8)21(28)17(6)31-25/h10-11,13-17,19-23,25,28-29H,9,12H2,1-8H3/b11-10+/t13-,14-,15+,16-,17-,19-,20+,21-,22-,23+,25-/m1/s1. The Kier molecular flexibility index (Phi) is 10.1. The van der Waals surface area contributed by atoms with Crippen molar-refractivity contribution in [1.82, 2.24) is 4.90 Å². The Morgan fingerprint density at radius 1 is 1.09 bits per heavy atom. The summed E-state index contributed by atoms with van der Waals surface area (Å²) in [5, 5.41) is 21.4. The van der Waals surface area contributed by atoms with Crippen LogP contribution >= 0.6 is 0 Å². The van der Waals surface area contributed by atoms with Crippen LogP contribution in [-0.2, 0) is 23.8 Å². The van der Waals surface area contributed by atoms with Crippen molar-refractivity contribution in [1.29, 1.82) is 0 Å². The third kappa shape index (κ3) is 6.63. The summed E-state index contributed by atoms with van der Waals surface area (Å²) in [4.78, 5) is 27.5. The Morgan fingerprint density at radius 2 is 1.73 bits per heavy atom. The summed E-state index contributed by atoms with van der Waals surface area (Å²) >= 11 is 0. The molecule has 8 nitrogen and oxygen atoms in total. The summed E-state index contributed by atoms with van der Waals surface area (Å²) in [5.74, 6) is -1.51. The predicted molar refractivity (Wildman–Crippen MR) is 124 cm³/mol. The molecule has 0 aromatic rings. The molecular weight excluding hydrogens is 426 g/mol. The highest BCUT2D eigenvalue weighted by molar-refractivity contribution is 5.91. The Balaban J connectivity index is 2.34. The number of hydrogen-bond acceptors (Lipinski definition) is 8. The van der Waals surface area contributed by atoms with Crippen LogP contribution in [0.15, 0.2) is 12.2 Å². The van der Waals surface area contributed by atoms with Gasteiger partial charge in [-0.25, -0.2) is 0 Å². The molecule has 8 heteroatoms. The summed E-state index contributed by atoms with van der Waals surface area (Å²) in [7, 11) is 3.55. The lowest BCUT2D eigenvalue weighted by molar-refractivity contribution is -0.301. The fraction of sp³-hybridized carbons (Fsp3) is 0.840. The summed E-state index contributed by atoms with van der Waals surface area (Å²) < 4.78 is 17.9. The molecule has 2 rings (SSSR count). The average Bonchev–Trinajstić information content (AvgIpc) is 2.75. The van der Waals surface area contributed by atoms with Crippen molar-refractivity contribution in [3.63, 3.8) is 0 Å². The maximum atomic E-state index is 13.1. The molecule has 2 aliphatic heterocycles. The van der Waals surface area contributed by atoms with Crippen LogP contribution < -0.4 is 0 Å². The molecule has 0 radical (unpaired) electrons. The minimum Gasteiger partial charge on any atom is -0.461 e. The molecule has 0 aliphatic carbocycles. The second-order valence-electron chi connectivity index (χ2n) is 10.2. The average molecular weight is 470 g/mol. The molecule has 190 valence electrons. The van der Waals surface area contributed by atoms with E-state index in [0.29, 0.717) is 12.8 Å². The van der Waals surface area contributed by atoms with Crippen LogP contribution in [0.5, 0.6) is 0 Å². The van der Waals surface area contributed by atoms with Gasteiger partial charge in [0, 0.05) is 11.8 Å². The summed E-state index contributed by atoms with van der Waals surface area (Å²) in [6, 6.07) is -0.585. The van der Waals surface area contributed by atoms with E-state index >= 15 is 0 Å². The van der Waals surface area contributed by atoms with Crippen molar-refractivity contribution in [3.8, 4) is 0 Å². The van der Waals surface area contributed by atoms with Gasteiger partial charge in [0.25, 0.3) is 0 Å². The van der Waals surface area contributed by atoms with E-state index in [0.717, 1.165) is 0 Å². The number of nitrogens with zero attached hydrogens (tertiary/aromatic N) is 1. The van der Waals surface area contributed by atoms with Gasteiger partial charge in [0.05, 0.1) is 30.3 Å². The number of aliphatic hydroxyl groups is 2. The Bertz CT molecular complexity index is 696. The lowest BCUT2D eigenvalue weighted by Crippen LogP contribution is -2.63. The number of hydrogen-bond donors (Lipinski definition) is 2. The molecule has 0 aromatic carbocycles. The summed E-state index contributed by atoms with van der Waals surface area (Å²) in [6.07, 6.45) is -0.0365. The van der Waals surface area contributed by atoms with E-state index in [1.54, 1.807) is 38.9 Å². The van der Waals surface area contributed by atoms with Crippen LogP contribution in [0.4, 0.5) is 0 Å². The van der Waals surface area contributed by atoms with Gasteiger partial charge in [-0.05, 0) is 52.8 Å². The first kappa shape index (κ1) is 27.9. The number of carbonyl (C=O) groups excluding carboxylic acids is 2. The van der Waals surface area contributed by atoms with E-state index in [-0.39, 0.29) is 35.6 Å². The molecule has 2 heterocycles. The van der Waals surface area contributed by atoms with E-state index in [4.69, 9.17) is 14.2 Å². The first-order valence-electron chi connectivity index (χ1n) is 12.1. The van der Waals surface area contributed by atoms with Crippen LogP contribution in [0, 0.1) is 23.7 Å². The molecule has 0 saturated carbocycles. The van der Waals surface area contributed by atoms with Crippen molar-refractivity contribution >= 4 is 11.8 Å². The number of carbonyl (C=O) groups is 2. The third-order valence-electron chi connectivity index (χ3n) is 7.15. The Hall–Kier alpha value is -1.32. The van der Waals surface area contributed by atoms with Crippen LogP contribution in [0.1, 0.15) is 54.4 Å². The van der Waals surface area contributed by atoms with Crippen molar-refractivity contribution in [2.45, 2.75) is 97.2 Å². The molecule has 0 bridgehead atoms. The second-order valence-corrected chi connectivity index (χ2v) is 10.2. The van der Waals surface area contributed by atoms with E-state index in [1.165, 1.54) is 0 Å². The van der Waals surface area contributed by atoms with Gasteiger partial charge in [0.2, 0.25) is 0 Å². The monoisotopic (exact) mass is 469 g/mol. The van der Waals surface area contributed by atoms with Crippen LogP contribution in [0.25, 0.3) is 0 Å². The first-order chi connectivity index (χ1) is 15.4. The smallest absolute Gasteiger partial charge is 0.311 e. The van der Waals surface area contributed by atoms with E-state index < -0.39 is 42.7 Å². The number of esters is 1. The van der Waals surface area contributed by atoms with E-state index in [9.17, 15) is 19.8 Å². The molecule has 1 saturated heterocycles. The van der Waals surface area contributed by atoms with Crippen molar-refractivity contribution in [2.24, 2.45) is 23.7 Å². The highest BCUT2D eigenvalue weighted by atomic mass is 16.7. The fourth-order valence-electron chi connectivity index (χ4n) is 4.93. The highest BCUT2D eigenvalue weighted by Gasteiger charge is 2.47. The molecule has 11 atom stereocenters. The van der Waals surface area contributed by atoms with Gasteiger partial charge >= 0.3 is 5.97 Å². The minimum atomic E-state index is -1.12. The largest absolute Gasteiger partial charge is 0.461 e. The number of rotatable bonds is 4. The van der Waals surface area contributed by atoms with Crippen molar-refractivity contribution in [3.05, 3.63) is 12.2 Å². The topological polar surface area (TPSA) is 106 Å². The lowest BCUT2D eigenvalue weighted by atomic mass is 9.84. The normalized spacial score (nSPS) is 44.6. The number of aliphatic hydroxyl groups excluding tert-OH is 2.